The van der Waals surface area contributed by atoms with Crippen LogP contribution in [0.2, 0.25) is 0 Å². The van der Waals surface area contributed by atoms with Crippen LogP contribution in [0.4, 0.5) is 0 Å². The first kappa shape index (κ1) is 17.3. The molecular weight excluding hydrogens is 392 g/mol. The molecule has 0 aliphatic carbocycles. The Hall–Kier alpha value is -4.37. The Kier molecular flexibility index (Phi) is 3.42. The van der Waals surface area contributed by atoms with Gasteiger partial charge in [0.25, 0.3) is 5.56 Å². The molecule has 3 nitrogen and oxygen atoms in total. The van der Waals surface area contributed by atoms with Crippen molar-refractivity contribution in [3.63, 3.8) is 0 Å². The van der Waals surface area contributed by atoms with Crippen molar-refractivity contribution in [2.24, 2.45) is 0 Å². The number of benzene rings is 4. The standard InChI is InChI=1S/C29H18N2O/c32-29-28-23-15-7-9-17-25(23)30(19-10-2-1-3-11-19)27(28)18-26-22-14-5-4-12-20(22)21-13-6-8-16-24(21)31(26)29/h1-18H. The number of aromatic nitrogens is 2. The van der Waals surface area contributed by atoms with E-state index in [1.807, 2.05) is 65.1 Å². The second kappa shape index (κ2) is 6.32. The number of fused-ring (bicyclic) bond motifs is 9. The first-order valence-corrected chi connectivity index (χ1v) is 10.8. The van der Waals surface area contributed by atoms with Crippen molar-refractivity contribution in [2.75, 3.05) is 0 Å². The summed E-state index contributed by atoms with van der Waals surface area (Å²) in [6, 6.07) is 37.1. The summed E-state index contributed by atoms with van der Waals surface area (Å²) in [6.07, 6.45) is 0. The molecule has 4 aromatic carbocycles. The van der Waals surface area contributed by atoms with Crippen molar-refractivity contribution < 1.29 is 0 Å². The largest absolute Gasteiger partial charge is 0.309 e. The molecule has 0 spiro atoms. The number of rotatable bonds is 1. The van der Waals surface area contributed by atoms with Gasteiger partial charge in [0.05, 0.1) is 27.5 Å². The Morgan fingerprint density at radius 3 is 1.78 bits per heavy atom. The predicted molar refractivity (Wildman–Crippen MR) is 133 cm³/mol. The van der Waals surface area contributed by atoms with Gasteiger partial charge in [-0.15, -0.1) is 0 Å². The van der Waals surface area contributed by atoms with E-state index in [-0.39, 0.29) is 5.56 Å². The van der Waals surface area contributed by atoms with Gasteiger partial charge in [-0.3, -0.25) is 9.20 Å². The molecule has 0 saturated heterocycles. The highest BCUT2D eigenvalue weighted by atomic mass is 16.1. The molecule has 0 N–H and O–H groups in total. The third-order valence-corrected chi connectivity index (χ3v) is 6.50. The molecule has 32 heavy (non-hydrogen) atoms. The zero-order valence-electron chi connectivity index (χ0n) is 17.2. The molecule has 0 bridgehead atoms. The summed E-state index contributed by atoms with van der Waals surface area (Å²) in [7, 11) is 0. The lowest BCUT2D eigenvalue weighted by Gasteiger charge is -2.13. The highest BCUT2D eigenvalue weighted by Crippen LogP contribution is 2.34. The van der Waals surface area contributed by atoms with E-state index in [0.29, 0.717) is 0 Å². The first-order valence-electron chi connectivity index (χ1n) is 10.8. The molecule has 7 aromatic rings. The Morgan fingerprint density at radius 1 is 0.469 bits per heavy atom. The predicted octanol–water partition coefficient (Wildman–Crippen LogP) is 6.70. The van der Waals surface area contributed by atoms with E-state index < -0.39 is 0 Å². The van der Waals surface area contributed by atoms with Crippen molar-refractivity contribution in [1.82, 2.24) is 8.97 Å². The normalized spacial score (nSPS) is 11.9. The lowest BCUT2D eigenvalue weighted by molar-refractivity contribution is 1.15. The fraction of sp³-hybridized carbons (Fsp3) is 0. The molecule has 7 rings (SSSR count). The summed E-state index contributed by atoms with van der Waals surface area (Å²) < 4.78 is 4.10. The average Bonchev–Trinajstić information content (AvgIpc) is 3.19. The number of pyridine rings is 2. The average molecular weight is 410 g/mol. The maximum absolute atomic E-state index is 14.2. The van der Waals surface area contributed by atoms with Gasteiger partial charge in [0.2, 0.25) is 0 Å². The van der Waals surface area contributed by atoms with Gasteiger partial charge >= 0.3 is 0 Å². The second-order valence-electron chi connectivity index (χ2n) is 8.18. The van der Waals surface area contributed by atoms with Crippen LogP contribution in [-0.2, 0) is 0 Å². The molecule has 0 aliphatic rings. The van der Waals surface area contributed by atoms with Crippen LogP contribution in [0.25, 0.3) is 54.7 Å². The third-order valence-electron chi connectivity index (χ3n) is 6.50. The molecule has 0 aliphatic heterocycles. The van der Waals surface area contributed by atoms with Crippen LogP contribution >= 0.6 is 0 Å². The second-order valence-corrected chi connectivity index (χ2v) is 8.18. The molecule has 0 amide bonds. The van der Waals surface area contributed by atoms with E-state index in [9.17, 15) is 4.79 Å². The van der Waals surface area contributed by atoms with E-state index in [1.54, 1.807) is 0 Å². The zero-order valence-corrected chi connectivity index (χ0v) is 17.2. The van der Waals surface area contributed by atoms with Crippen molar-refractivity contribution in [3.05, 3.63) is 120 Å². The number of para-hydroxylation sites is 3. The van der Waals surface area contributed by atoms with Gasteiger partial charge in [0.1, 0.15) is 0 Å². The van der Waals surface area contributed by atoms with E-state index in [1.165, 1.54) is 0 Å². The first-order chi connectivity index (χ1) is 15.8. The molecular formula is C29H18N2O. The molecule has 3 heterocycles. The number of nitrogens with zero attached hydrogens (tertiary/aromatic N) is 2. The SMILES string of the molecule is O=c1c2c3ccccc3n(-c3ccccc3)c2cc2c3ccccc3c3ccccc3n12. The van der Waals surface area contributed by atoms with Crippen LogP contribution in [0.1, 0.15) is 0 Å². The van der Waals surface area contributed by atoms with Gasteiger partial charge in [0, 0.05) is 21.8 Å². The maximum Gasteiger partial charge on any atom is 0.265 e. The highest BCUT2D eigenvalue weighted by molar-refractivity contribution is 6.16. The molecule has 0 radical (unpaired) electrons. The summed E-state index contributed by atoms with van der Waals surface area (Å²) in [5.74, 6) is 0. The number of hydrogen-bond donors (Lipinski definition) is 0. The van der Waals surface area contributed by atoms with E-state index in [0.717, 1.165) is 54.7 Å². The van der Waals surface area contributed by atoms with Gasteiger partial charge in [0.15, 0.2) is 0 Å². The Balaban J connectivity index is 1.83. The van der Waals surface area contributed by atoms with Crippen molar-refractivity contribution in [2.45, 2.75) is 0 Å². The van der Waals surface area contributed by atoms with Gasteiger partial charge in [-0.25, -0.2) is 0 Å². The van der Waals surface area contributed by atoms with Crippen LogP contribution < -0.4 is 5.56 Å². The monoisotopic (exact) mass is 410 g/mol. The summed E-state index contributed by atoms with van der Waals surface area (Å²) in [4.78, 5) is 14.2. The van der Waals surface area contributed by atoms with Crippen molar-refractivity contribution >= 4 is 49.0 Å². The van der Waals surface area contributed by atoms with Gasteiger partial charge in [-0.2, -0.15) is 0 Å². The molecule has 3 aromatic heterocycles. The lowest BCUT2D eigenvalue weighted by Crippen LogP contribution is -2.15. The van der Waals surface area contributed by atoms with Crippen LogP contribution in [0.5, 0.6) is 0 Å². The fourth-order valence-electron chi connectivity index (χ4n) is 5.17. The molecule has 150 valence electrons. The van der Waals surface area contributed by atoms with Crippen LogP contribution in [-0.4, -0.2) is 8.97 Å². The molecule has 3 heteroatoms. The van der Waals surface area contributed by atoms with E-state index in [4.69, 9.17) is 0 Å². The minimum Gasteiger partial charge on any atom is -0.309 e. The fourth-order valence-corrected chi connectivity index (χ4v) is 5.17. The minimum atomic E-state index is 0.0188. The third kappa shape index (κ3) is 2.17. The Labute approximate surface area is 183 Å². The smallest absolute Gasteiger partial charge is 0.265 e. The summed E-state index contributed by atoms with van der Waals surface area (Å²) in [5.41, 5.74) is 4.90. The summed E-state index contributed by atoms with van der Waals surface area (Å²) >= 11 is 0. The molecule has 0 atom stereocenters. The highest BCUT2D eigenvalue weighted by Gasteiger charge is 2.19. The van der Waals surface area contributed by atoms with Crippen LogP contribution in [0.3, 0.4) is 0 Å². The Morgan fingerprint density at radius 2 is 1.03 bits per heavy atom. The van der Waals surface area contributed by atoms with Crippen LogP contribution in [0, 0.1) is 0 Å². The van der Waals surface area contributed by atoms with E-state index in [2.05, 4.69) is 53.1 Å². The molecule has 0 saturated carbocycles. The van der Waals surface area contributed by atoms with E-state index >= 15 is 0 Å². The van der Waals surface area contributed by atoms with Crippen molar-refractivity contribution in [1.29, 1.82) is 0 Å². The van der Waals surface area contributed by atoms with Gasteiger partial charge < -0.3 is 4.57 Å². The molecule has 0 fully saturated rings. The van der Waals surface area contributed by atoms with Gasteiger partial charge in [-0.05, 0) is 35.7 Å². The lowest BCUT2D eigenvalue weighted by atomic mass is 10.0. The quantitative estimate of drug-likeness (QED) is 0.277. The Bertz CT molecular complexity index is 1890. The summed E-state index contributed by atoms with van der Waals surface area (Å²) in [6.45, 7) is 0. The minimum absolute atomic E-state index is 0.0188. The van der Waals surface area contributed by atoms with Crippen molar-refractivity contribution in [3.8, 4) is 5.69 Å². The maximum atomic E-state index is 14.2. The van der Waals surface area contributed by atoms with Crippen LogP contribution in [0.15, 0.2) is 114 Å². The van der Waals surface area contributed by atoms with Gasteiger partial charge in [-0.1, -0.05) is 78.9 Å². The zero-order chi connectivity index (χ0) is 21.2. The number of hydrogen-bond acceptors (Lipinski definition) is 1. The topological polar surface area (TPSA) is 26.4 Å². The molecule has 0 unspecified atom stereocenters. The summed E-state index contributed by atoms with van der Waals surface area (Å²) in [5, 5.41) is 5.05.